The number of amides is 2. The number of nitrogens with zero attached hydrogens (tertiary/aromatic N) is 2. The maximum Gasteiger partial charge on any atom is 0.274 e. The Kier molecular flexibility index (Phi) is 6.19. The van der Waals surface area contributed by atoms with Crippen molar-refractivity contribution in [2.75, 3.05) is 16.0 Å². The van der Waals surface area contributed by atoms with E-state index in [1.807, 2.05) is 24.3 Å². The maximum atomic E-state index is 12.6. The lowest BCUT2D eigenvalue weighted by Gasteiger charge is -2.10. The topological polar surface area (TPSA) is 96.0 Å². The molecule has 1 aromatic heterocycles. The van der Waals surface area contributed by atoms with Crippen molar-refractivity contribution in [2.45, 2.75) is 26.7 Å². The Hall–Kier alpha value is -3.74. The number of aromatic nitrogens is 2. The van der Waals surface area contributed by atoms with E-state index in [0.717, 1.165) is 5.69 Å². The van der Waals surface area contributed by atoms with E-state index in [-0.39, 0.29) is 17.5 Å². The molecular formula is C22H23N5O2. The number of nitrogens with one attached hydrogen (secondary N) is 3. The van der Waals surface area contributed by atoms with Crippen LogP contribution in [0, 0.1) is 0 Å². The van der Waals surface area contributed by atoms with Crippen LogP contribution in [-0.4, -0.2) is 21.8 Å². The van der Waals surface area contributed by atoms with E-state index >= 15 is 0 Å². The number of carbonyl (C=O) groups excluding carboxylic acids is 2. The first-order valence-electron chi connectivity index (χ1n) is 9.30. The Bertz CT molecular complexity index is 1020. The minimum absolute atomic E-state index is 0.179. The SMILES string of the molecule is CC(=O)Nc1cccc(NC(=O)c2ccnc(Nc3ccc(C(C)C)cc3)n2)c1. The van der Waals surface area contributed by atoms with Crippen LogP contribution in [0.1, 0.15) is 42.7 Å². The molecular weight excluding hydrogens is 366 g/mol. The van der Waals surface area contributed by atoms with Crippen LogP contribution in [0.5, 0.6) is 0 Å². The van der Waals surface area contributed by atoms with Gasteiger partial charge < -0.3 is 16.0 Å². The molecule has 2 amide bonds. The monoisotopic (exact) mass is 389 g/mol. The first kappa shape index (κ1) is 20.0. The number of rotatable bonds is 6. The van der Waals surface area contributed by atoms with Crippen molar-refractivity contribution in [3.8, 4) is 0 Å². The molecule has 0 saturated heterocycles. The molecule has 3 rings (SSSR count). The molecule has 0 bridgehead atoms. The van der Waals surface area contributed by atoms with E-state index in [1.54, 1.807) is 30.3 Å². The van der Waals surface area contributed by atoms with E-state index in [4.69, 9.17) is 0 Å². The van der Waals surface area contributed by atoms with E-state index in [0.29, 0.717) is 23.2 Å². The van der Waals surface area contributed by atoms with Crippen LogP contribution in [0.2, 0.25) is 0 Å². The molecule has 0 aliphatic heterocycles. The molecule has 3 aromatic rings. The first-order chi connectivity index (χ1) is 13.9. The summed E-state index contributed by atoms with van der Waals surface area (Å²) in [7, 11) is 0. The van der Waals surface area contributed by atoms with Crippen LogP contribution in [0.3, 0.4) is 0 Å². The van der Waals surface area contributed by atoms with Gasteiger partial charge in [-0.15, -0.1) is 0 Å². The summed E-state index contributed by atoms with van der Waals surface area (Å²) in [5.41, 5.74) is 3.47. The van der Waals surface area contributed by atoms with Gasteiger partial charge in [0, 0.05) is 30.2 Å². The normalized spacial score (nSPS) is 10.5. The van der Waals surface area contributed by atoms with Crippen molar-refractivity contribution in [1.29, 1.82) is 0 Å². The quantitative estimate of drug-likeness (QED) is 0.575. The summed E-state index contributed by atoms with van der Waals surface area (Å²) in [6.07, 6.45) is 1.53. The summed E-state index contributed by atoms with van der Waals surface area (Å²) in [5, 5.41) is 8.56. The van der Waals surface area contributed by atoms with Gasteiger partial charge in [-0.2, -0.15) is 0 Å². The second kappa shape index (κ2) is 8.97. The molecule has 2 aromatic carbocycles. The van der Waals surface area contributed by atoms with Gasteiger partial charge in [0.05, 0.1) is 0 Å². The minimum Gasteiger partial charge on any atom is -0.326 e. The standard InChI is InChI=1S/C22H23N5O2/c1-14(2)16-7-9-17(10-8-16)26-22-23-12-11-20(27-22)21(29)25-19-6-4-5-18(13-19)24-15(3)28/h4-14H,1-3H3,(H,24,28)(H,25,29)(H,23,26,27). The number of hydrogen-bond donors (Lipinski definition) is 3. The third-order valence-electron chi connectivity index (χ3n) is 4.16. The van der Waals surface area contributed by atoms with Crippen molar-refractivity contribution in [3.63, 3.8) is 0 Å². The highest BCUT2D eigenvalue weighted by atomic mass is 16.2. The summed E-state index contributed by atoms with van der Waals surface area (Å²) < 4.78 is 0. The van der Waals surface area contributed by atoms with Gasteiger partial charge in [0.2, 0.25) is 11.9 Å². The lowest BCUT2D eigenvalue weighted by atomic mass is 10.0. The van der Waals surface area contributed by atoms with Gasteiger partial charge in [0.15, 0.2) is 0 Å². The molecule has 0 spiro atoms. The van der Waals surface area contributed by atoms with Gasteiger partial charge in [-0.05, 0) is 47.9 Å². The third kappa shape index (κ3) is 5.62. The van der Waals surface area contributed by atoms with Gasteiger partial charge in [-0.1, -0.05) is 32.0 Å². The molecule has 0 saturated carbocycles. The Labute approximate surface area is 169 Å². The highest BCUT2D eigenvalue weighted by Crippen LogP contribution is 2.19. The van der Waals surface area contributed by atoms with Gasteiger partial charge >= 0.3 is 0 Å². The first-order valence-corrected chi connectivity index (χ1v) is 9.30. The number of hydrogen-bond acceptors (Lipinski definition) is 5. The van der Waals surface area contributed by atoms with Crippen LogP contribution in [0.4, 0.5) is 23.0 Å². The van der Waals surface area contributed by atoms with Crippen molar-refractivity contribution in [2.24, 2.45) is 0 Å². The maximum absolute atomic E-state index is 12.6. The molecule has 29 heavy (non-hydrogen) atoms. The zero-order valence-electron chi connectivity index (χ0n) is 16.6. The summed E-state index contributed by atoms with van der Waals surface area (Å²) in [6, 6.07) is 16.5. The van der Waals surface area contributed by atoms with E-state index in [9.17, 15) is 9.59 Å². The van der Waals surface area contributed by atoms with E-state index < -0.39 is 0 Å². The second-order valence-electron chi connectivity index (χ2n) is 6.88. The van der Waals surface area contributed by atoms with Crippen molar-refractivity contribution < 1.29 is 9.59 Å². The Morgan fingerprint density at radius 3 is 2.24 bits per heavy atom. The van der Waals surface area contributed by atoms with E-state index in [2.05, 4.69) is 39.8 Å². The Balaban J connectivity index is 1.70. The second-order valence-corrected chi connectivity index (χ2v) is 6.88. The summed E-state index contributed by atoms with van der Waals surface area (Å²) in [5.74, 6) is 0.241. The molecule has 3 N–H and O–H groups in total. The highest BCUT2D eigenvalue weighted by molar-refractivity contribution is 6.03. The van der Waals surface area contributed by atoms with Crippen LogP contribution in [0.15, 0.2) is 60.8 Å². The fourth-order valence-electron chi connectivity index (χ4n) is 2.70. The molecule has 0 fully saturated rings. The van der Waals surface area contributed by atoms with Gasteiger partial charge in [0.1, 0.15) is 5.69 Å². The van der Waals surface area contributed by atoms with E-state index in [1.165, 1.54) is 18.7 Å². The van der Waals surface area contributed by atoms with Crippen molar-refractivity contribution in [3.05, 3.63) is 72.1 Å². The lowest BCUT2D eigenvalue weighted by Crippen LogP contribution is -2.15. The fourth-order valence-corrected chi connectivity index (χ4v) is 2.70. The molecule has 0 aliphatic rings. The van der Waals surface area contributed by atoms with Crippen molar-refractivity contribution >= 4 is 34.8 Å². The predicted octanol–water partition coefficient (Wildman–Crippen LogP) is 4.55. The van der Waals surface area contributed by atoms with Gasteiger partial charge in [-0.3, -0.25) is 9.59 Å². The summed E-state index contributed by atoms with van der Waals surface area (Å²) in [6.45, 7) is 5.70. The zero-order chi connectivity index (χ0) is 20.8. The van der Waals surface area contributed by atoms with Crippen LogP contribution in [-0.2, 0) is 4.79 Å². The minimum atomic E-state index is -0.370. The van der Waals surface area contributed by atoms with Gasteiger partial charge in [-0.25, -0.2) is 9.97 Å². The predicted molar refractivity (Wildman–Crippen MR) is 115 cm³/mol. The van der Waals surface area contributed by atoms with Gasteiger partial charge in [0.25, 0.3) is 5.91 Å². The molecule has 148 valence electrons. The molecule has 1 heterocycles. The van der Waals surface area contributed by atoms with Crippen LogP contribution >= 0.6 is 0 Å². The number of anilines is 4. The molecule has 0 aliphatic carbocycles. The Morgan fingerprint density at radius 2 is 1.59 bits per heavy atom. The average molecular weight is 389 g/mol. The van der Waals surface area contributed by atoms with Crippen LogP contribution in [0.25, 0.3) is 0 Å². The molecule has 0 atom stereocenters. The third-order valence-corrected chi connectivity index (χ3v) is 4.16. The smallest absolute Gasteiger partial charge is 0.274 e. The average Bonchev–Trinajstić information content (AvgIpc) is 2.68. The molecule has 7 heteroatoms. The number of benzene rings is 2. The lowest BCUT2D eigenvalue weighted by molar-refractivity contribution is -0.114. The molecule has 0 radical (unpaired) electrons. The Morgan fingerprint density at radius 1 is 0.897 bits per heavy atom. The largest absolute Gasteiger partial charge is 0.326 e. The fraction of sp³-hybridized carbons (Fsp3) is 0.182. The summed E-state index contributed by atoms with van der Waals surface area (Å²) in [4.78, 5) is 32.2. The van der Waals surface area contributed by atoms with Crippen molar-refractivity contribution in [1.82, 2.24) is 9.97 Å². The molecule has 7 nitrogen and oxygen atoms in total. The highest BCUT2D eigenvalue weighted by Gasteiger charge is 2.10. The van der Waals surface area contributed by atoms with Crippen LogP contribution < -0.4 is 16.0 Å². The summed E-state index contributed by atoms with van der Waals surface area (Å²) >= 11 is 0. The zero-order valence-corrected chi connectivity index (χ0v) is 16.6. The number of carbonyl (C=O) groups is 2. The molecule has 0 unspecified atom stereocenters.